The van der Waals surface area contributed by atoms with Crippen LogP contribution in [0.1, 0.15) is 33.6 Å². The maximum atomic E-state index is 12.7. The Bertz CT molecular complexity index is 408. The zero-order valence-electron chi connectivity index (χ0n) is 14.0. The van der Waals surface area contributed by atoms with Gasteiger partial charge in [0.25, 0.3) is 0 Å². The van der Waals surface area contributed by atoms with E-state index in [1.165, 1.54) is 0 Å². The Morgan fingerprint density at radius 1 is 1.29 bits per heavy atom. The van der Waals surface area contributed by atoms with Gasteiger partial charge in [0.2, 0.25) is 11.8 Å². The molecule has 0 spiro atoms. The SMILES string of the molecule is CC[C@@H]1CN(C(=O)[C@@H]2CC(=O)N(C(C)C)C2)C[C@@H]1N(C)C. The molecule has 0 aromatic heterocycles. The molecule has 0 aliphatic carbocycles. The number of hydrogen-bond acceptors (Lipinski definition) is 3. The highest BCUT2D eigenvalue weighted by atomic mass is 16.2. The minimum absolute atomic E-state index is 0.124. The molecule has 0 N–H and O–H groups in total. The predicted molar refractivity (Wildman–Crippen MR) is 82.8 cm³/mol. The maximum absolute atomic E-state index is 12.7. The summed E-state index contributed by atoms with van der Waals surface area (Å²) in [6.07, 6.45) is 1.48. The summed E-state index contributed by atoms with van der Waals surface area (Å²) in [6.45, 7) is 8.44. The maximum Gasteiger partial charge on any atom is 0.228 e. The molecule has 0 aromatic rings. The second kappa shape index (κ2) is 6.34. The van der Waals surface area contributed by atoms with Gasteiger partial charge in [-0.15, -0.1) is 0 Å². The van der Waals surface area contributed by atoms with E-state index in [0.29, 0.717) is 24.9 Å². The summed E-state index contributed by atoms with van der Waals surface area (Å²) in [5, 5.41) is 0. The fraction of sp³-hybridized carbons (Fsp3) is 0.875. The van der Waals surface area contributed by atoms with Gasteiger partial charge in [-0.1, -0.05) is 13.3 Å². The summed E-state index contributed by atoms with van der Waals surface area (Å²) in [5.41, 5.74) is 0. The van der Waals surface area contributed by atoms with E-state index in [1.807, 2.05) is 23.6 Å². The van der Waals surface area contributed by atoms with Gasteiger partial charge < -0.3 is 14.7 Å². The average Bonchev–Trinajstić information content (AvgIpc) is 3.01. The van der Waals surface area contributed by atoms with Crippen LogP contribution < -0.4 is 0 Å². The zero-order valence-corrected chi connectivity index (χ0v) is 14.0. The van der Waals surface area contributed by atoms with Crippen LogP contribution in [0.25, 0.3) is 0 Å². The Morgan fingerprint density at radius 3 is 2.38 bits per heavy atom. The molecule has 2 rings (SSSR count). The van der Waals surface area contributed by atoms with Crippen LogP contribution in [0.3, 0.4) is 0 Å². The second-order valence-electron chi connectivity index (χ2n) is 6.98. The van der Waals surface area contributed by atoms with E-state index < -0.39 is 0 Å². The number of nitrogens with zero attached hydrogens (tertiary/aromatic N) is 3. The standard InChI is InChI=1S/C16H29N3O2/c1-6-12-8-18(10-14(12)17(4)5)16(21)13-7-15(20)19(9-13)11(2)3/h11-14H,6-10H2,1-5H3/t12-,13-,14+/m1/s1. The average molecular weight is 295 g/mol. The molecule has 0 unspecified atom stereocenters. The Balaban J connectivity index is 2.00. The van der Waals surface area contributed by atoms with Gasteiger partial charge >= 0.3 is 0 Å². The minimum atomic E-state index is -0.140. The van der Waals surface area contributed by atoms with Gasteiger partial charge in [-0.25, -0.2) is 0 Å². The topological polar surface area (TPSA) is 43.9 Å². The molecule has 0 saturated carbocycles. The van der Waals surface area contributed by atoms with E-state index in [-0.39, 0.29) is 23.8 Å². The van der Waals surface area contributed by atoms with Crippen LogP contribution in [0, 0.1) is 11.8 Å². The van der Waals surface area contributed by atoms with E-state index in [9.17, 15) is 9.59 Å². The fourth-order valence-corrected chi connectivity index (χ4v) is 3.67. The highest BCUT2D eigenvalue weighted by Gasteiger charge is 2.41. The van der Waals surface area contributed by atoms with Crippen molar-refractivity contribution in [3.05, 3.63) is 0 Å². The van der Waals surface area contributed by atoms with E-state index in [4.69, 9.17) is 0 Å². The van der Waals surface area contributed by atoms with E-state index in [1.54, 1.807) is 0 Å². The number of carbonyl (C=O) groups excluding carboxylic acids is 2. The lowest BCUT2D eigenvalue weighted by Crippen LogP contribution is -2.39. The van der Waals surface area contributed by atoms with Gasteiger partial charge in [0.05, 0.1) is 5.92 Å². The third kappa shape index (κ3) is 3.23. The van der Waals surface area contributed by atoms with Gasteiger partial charge in [0.15, 0.2) is 0 Å². The molecule has 5 nitrogen and oxygen atoms in total. The molecule has 0 aromatic carbocycles. The smallest absolute Gasteiger partial charge is 0.228 e. The van der Waals surface area contributed by atoms with E-state index >= 15 is 0 Å². The second-order valence-corrected chi connectivity index (χ2v) is 6.98. The van der Waals surface area contributed by atoms with E-state index in [0.717, 1.165) is 19.5 Å². The highest BCUT2D eigenvalue weighted by Crippen LogP contribution is 2.28. The van der Waals surface area contributed by atoms with Gasteiger partial charge in [-0.2, -0.15) is 0 Å². The largest absolute Gasteiger partial charge is 0.340 e. The molecular formula is C16H29N3O2. The summed E-state index contributed by atoms with van der Waals surface area (Å²) < 4.78 is 0. The van der Waals surface area contributed by atoms with Gasteiger partial charge in [0, 0.05) is 38.1 Å². The molecule has 2 aliphatic rings. The lowest BCUT2D eigenvalue weighted by Gasteiger charge is -2.24. The first-order valence-electron chi connectivity index (χ1n) is 8.09. The molecule has 2 saturated heterocycles. The Labute approximate surface area is 128 Å². The number of amides is 2. The van der Waals surface area contributed by atoms with Gasteiger partial charge in [-0.3, -0.25) is 9.59 Å². The molecule has 21 heavy (non-hydrogen) atoms. The van der Waals surface area contributed by atoms with Crippen molar-refractivity contribution in [3.8, 4) is 0 Å². The summed E-state index contributed by atoms with van der Waals surface area (Å²) in [5.74, 6) is 0.702. The van der Waals surface area contributed by atoms with Crippen molar-refractivity contribution in [2.45, 2.75) is 45.7 Å². The van der Waals surface area contributed by atoms with Crippen LogP contribution in [0.15, 0.2) is 0 Å². The van der Waals surface area contributed by atoms with Crippen molar-refractivity contribution in [2.75, 3.05) is 33.7 Å². The molecule has 5 heteroatoms. The first-order chi connectivity index (χ1) is 9.85. The van der Waals surface area contributed by atoms with Gasteiger partial charge in [0.1, 0.15) is 0 Å². The van der Waals surface area contributed by atoms with Crippen molar-refractivity contribution >= 4 is 11.8 Å². The van der Waals surface area contributed by atoms with Crippen molar-refractivity contribution in [3.63, 3.8) is 0 Å². The number of carbonyl (C=O) groups is 2. The molecule has 2 aliphatic heterocycles. The third-order valence-electron chi connectivity index (χ3n) is 5.04. The highest BCUT2D eigenvalue weighted by molar-refractivity contribution is 5.89. The lowest BCUT2D eigenvalue weighted by atomic mass is 10.0. The lowest BCUT2D eigenvalue weighted by molar-refractivity contribution is -0.135. The normalized spacial score (nSPS) is 30.0. The number of hydrogen-bond donors (Lipinski definition) is 0. The van der Waals surface area contributed by atoms with Crippen molar-refractivity contribution in [1.29, 1.82) is 0 Å². The fourth-order valence-electron chi connectivity index (χ4n) is 3.67. The summed E-state index contributed by atoms with van der Waals surface area (Å²) >= 11 is 0. The van der Waals surface area contributed by atoms with Crippen molar-refractivity contribution in [1.82, 2.24) is 14.7 Å². The number of likely N-dealkylation sites (N-methyl/N-ethyl adjacent to an activating group) is 1. The molecule has 2 amide bonds. The molecule has 2 fully saturated rings. The zero-order chi connectivity index (χ0) is 15.7. The Kier molecular flexibility index (Phi) is 4.91. The van der Waals surface area contributed by atoms with Crippen LogP contribution in [0.5, 0.6) is 0 Å². The van der Waals surface area contributed by atoms with Crippen LogP contribution in [-0.2, 0) is 9.59 Å². The molecule has 2 heterocycles. The van der Waals surface area contributed by atoms with Crippen LogP contribution in [-0.4, -0.2) is 72.3 Å². The van der Waals surface area contributed by atoms with Crippen molar-refractivity contribution in [2.24, 2.45) is 11.8 Å². The summed E-state index contributed by atoms with van der Waals surface area (Å²) in [7, 11) is 4.17. The van der Waals surface area contributed by atoms with Gasteiger partial charge in [-0.05, 0) is 33.9 Å². The molecule has 120 valence electrons. The Hall–Kier alpha value is -1.10. The third-order valence-corrected chi connectivity index (χ3v) is 5.04. The molecule has 0 bridgehead atoms. The Morgan fingerprint density at radius 2 is 1.95 bits per heavy atom. The first-order valence-corrected chi connectivity index (χ1v) is 8.09. The predicted octanol–water partition coefficient (Wildman–Crippen LogP) is 1.04. The van der Waals surface area contributed by atoms with Crippen molar-refractivity contribution < 1.29 is 9.59 Å². The first kappa shape index (κ1) is 16.3. The van der Waals surface area contributed by atoms with E-state index in [2.05, 4.69) is 25.9 Å². The number of likely N-dealkylation sites (tertiary alicyclic amines) is 2. The number of rotatable bonds is 4. The van der Waals surface area contributed by atoms with Crippen LogP contribution in [0.4, 0.5) is 0 Å². The van der Waals surface area contributed by atoms with Crippen LogP contribution in [0.2, 0.25) is 0 Å². The monoisotopic (exact) mass is 295 g/mol. The summed E-state index contributed by atoms with van der Waals surface area (Å²) in [4.78, 5) is 30.7. The molecule has 0 radical (unpaired) electrons. The summed E-state index contributed by atoms with van der Waals surface area (Å²) in [6, 6.07) is 0.629. The minimum Gasteiger partial charge on any atom is -0.340 e. The molecular weight excluding hydrogens is 266 g/mol. The molecule has 3 atom stereocenters. The quantitative estimate of drug-likeness (QED) is 0.778. The van der Waals surface area contributed by atoms with Crippen LogP contribution >= 0.6 is 0 Å².